The lowest BCUT2D eigenvalue weighted by Crippen LogP contribution is -2.13. The molecule has 0 spiro atoms. The van der Waals surface area contributed by atoms with Gasteiger partial charge in [0.25, 0.3) is 5.91 Å². The van der Waals surface area contributed by atoms with Crippen molar-refractivity contribution in [1.82, 2.24) is 4.98 Å². The summed E-state index contributed by atoms with van der Waals surface area (Å²) in [5, 5.41) is 5.66. The summed E-state index contributed by atoms with van der Waals surface area (Å²) in [6.45, 7) is 0. The summed E-state index contributed by atoms with van der Waals surface area (Å²) < 4.78 is 40.0. The van der Waals surface area contributed by atoms with Crippen molar-refractivity contribution in [1.29, 1.82) is 0 Å². The largest absolute Gasteiger partial charge is 0.353 e. The maximum atomic E-state index is 13.7. The van der Waals surface area contributed by atoms with E-state index in [4.69, 9.17) is 11.6 Å². The number of anilines is 3. The molecular weight excluding hydrogens is 367 g/mol. The van der Waals surface area contributed by atoms with Crippen LogP contribution in [-0.2, 0) is 0 Å². The zero-order chi connectivity index (χ0) is 18.7. The van der Waals surface area contributed by atoms with E-state index in [2.05, 4.69) is 15.6 Å². The van der Waals surface area contributed by atoms with E-state index >= 15 is 0 Å². The van der Waals surface area contributed by atoms with Crippen LogP contribution in [0, 0.1) is 17.5 Å². The molecule has 3 rings (SSSR count). The molecule has 132 valence electrons. The van der Waals surface area contributed by atoms with Crippen LogP contribution in [0.4, 0.5) is 30.2 Å². The number of halogens is 4. The van der Waals surface area contributed by atoms with Gasteiger partial charge in [-0.1, -0.05) is 17.7 Å². The molecule has 0 aliphatic rings. The number of hydrogen-bond acceptors (Lipinski definition) is 3. The van der Waals surface area contributed by atoms with Gasteiger partial charge in [0.2, 0.25) is 0 Å². The van der Waals surface area contributed by atoms with Crippen molar-refractivity contribution >= 4 is 34.6 Å². The van der Waals surface area contributed by atoms with Crippen LogP contribution in [0.1, 0.15) is 10.5 Å². The molecule has 0 saturated heterocycles. The highest BCUT2D eigenvalue weighted by molar-refractivity contribution is 6.30. The van der Waals surface area contributed by atoms with Crippen LogP contribution in [0.2, 0.25) is 5.02 Å². The van der Waals surface area contributed by atoms with Crippen LogP contribution >= 0.6 is 11.6 Å². The summed E-state index contributed by atoms with van der Waals surface area (Å²) in [7, 11) is 0. The van der Waals surface area contributed by atoms with Crippen molar-refractivity contribution in [3.8, 4) is 0 Å². The summed E-state index contributed by atoms with van der Waals surface area (Å²) in [4.78, 5) is 16.2. The van der Waals surface area contributed by atoms with Gasteiger partial charge in [0.1, 0.15) is 5.69 Å². The fourth-order valence-corrected chi connectivity index (χ4v) is 2.36. The van der Waals surface area contributed by atoms with Crippen LogP contribution in [-0.4, -0.2) is 10.9 Å². The molecule has 2 aromatic carbocycles. The quantitative estimate of drug-likeness (QED) is 0.618. The van der Waals surface area contributed by atoms with Crippen LogP contribution in [0.5, 0.6) is 0 Å². The van der Waals surface area contributed by atoms with Crippen molar-refractivity contribution in [2.45, 2.75) is 0 Å². The third-order valence-corrected chi connectivity index (χ3v) is 3.62. The van der Waals surface area contributed by atoms with Crippen LogP contribution < -0.4 is 10.6 Å². The minimum absolute atomic E-state index is 0.0398. The van der Waals surface area contributed by atoms with E-state index in [0.29, 0.717) is 10.7 Å². The first-order chi connectivity index (χ1) is 12.4. The molecule has 0 bridgehead atoms. The molecule has 26 heavy (non-hydrogen) atoms. The lowest BCUT2D eigenvalue weighted by atomic mass is 10.2. The van der Waals surface area contributed by atoms with Crippen LogP contribution in [0.3, 0.4) is 0 Å². The zero-order valence-corrected chi connectivity index (χ0v) is 13.8. The molecule has 4 nitrogen and oxygen atoms in total. The van der Waals surface area contributed by atoms with E-state index in [9.17, 15) is 18.0 Å². The maximum absolute atomic E-state index is 13.7. The molecule has 1 aromatic heterocycles. The predicted molar refractivity (Wildman–Crippen MR) is 93.2 cm³/mol. The Hall–Kier alpha value is -3.06. The lowest BCUT2D eigenvalue weighted by Gasteiger charge is -2.10. The van der Waals surface area contributed by atoms with Gasteiger partial charge < -0.3 is 10.6 Å². The number of nitrogens with zero attached hydrogens (tertiary/aromatic N) is 1. The standard InChI is InChI=1S/C18H11ClF3N3O/c19-10-2-1-3-11(8-10)25-18(26)15-9-12(6-7-23-15)24-14-5-4-13(20)16(21)17(14)22/h1-9H,(H,23,24)(H,25,26). The van der Waals surface area contributed by atoms with Gasteiger partial charge in [-0.15, -0.1) is 0 Å². The van der Waals surface area contributed by atoms with E-state index in [1.54, 1.807) is 24.3 Å². The molecule has 8 heteroatoms. The third kappa shape index (κ3) is 3.94. The second-order valence-electron chi connectivity index (χ2n) is 5.24. The van der Waals surface area contributed by atoms with Gasteiger partial charge >= 0.3 is 0 Å². The van der Waals surface area contributed by atoms with Gasteiger partial charge in [0.05, 0.1) is 5.69 Å². The van der Waals surface area contributed by atoms with E-state index < -0.39 is 23.4 Å². The molecule has 0 atom stereocenters. The molecule has 0 radical (unpaired) electrons. The van der Waals surface area contributed by atoms with Crippen LogP contribution in [0.25, 0.3) is 0 Å². The number of rotatable bonds is 4. The summed E-state index contributed by atoms with van der Waals surface area (Å²) in [6.07, 6.45) is 1.33. The van der Waals surface area contributed by atoms with Gasteiger partial charge in [-0.25, -0.2) is 13.2 Å². The molecule has 0 aliphatic carbocycles. The van der Waals surface area contributed by atoms with Gasteiger partial charge in [0, 0.05) is 22.6 Å². The predicted octanol–water partition coefficient (Wildman–Crippen LogP) is 5.15. The second kappa shape index (κ2) is 7.45. The Kier molecular flexibility index (Phi) is 5.09. The number of pyridine rings is 1. The Morgan fingerprint density at radius 3 is 2.54 bits per heavy atom. The Bertz CT molecular complexity index is 982. The Labute approximate surface area is 151 Å². The molecule has 3 aromatic rings. The first-order valence-corrected chi connectivity index (χ1v) is 7.75. The normalized spacial score (nSPS) is 10.5. The van der Waals surface area contributed by atoms with Gasteiger partial charge in [-0.3, -0.25) is 9.78 Å². The fourth-order valence-electron chi connectivity index (χ4n) is 2.17. The summed E-state index contributed by atoms with van der Waals surface area (Å²) >= 11 is 5.86. The first-order valence-electron chi connectivity index (χ1n) is 7.37. The molecule has 1 amide bonds. The number of amides is 1. The van der Waals surface area contributed by atoms with Crippen molar-refractivity contribution in [3.63, 3.8) is 0 Å². The number of nitrogens with one attached hydrogen (secondary N) is 2. The van der Waals surface area contributed by atoms with E-state index in [1.807, 2.05) is 0 Å². The molecular formula is C18H11ClF3N3O. The molecule has 0 saturated carbocycles. The SMILES string of the molecule is O=C(Nc1cccc(Cl)c1)c1cc(Nc2ccc(F)c(F)c2F)ccn1. The maximum Gasteiger partial charge on any atom is 0.274 e. The number of carbonyl (C=O) groups excluding carboxylic acids is 1. The number of aromatic nitrogens is 1. The molecule has 0 fully saturated rings. The fraction of sp³-hybridized carbons (Fsp3) is 0. The third-order valence-electron chi connectivity index (χ3n) is 3.39. The van der Waals surface area contributed by atoms with Crippen LogP contribution in [0.15, 0.2) is 54.7 Å². The highest BCUT2D eigenvalue weighted by Crippen LogP contribution is 2.24. The number of hydrogen-bond donors (Lipinski definition) is 2. The van der Waals surface area contributed by atoms with Gasteiger partial charge in [0.15, 0.2) is 17.5 Å². The summed E-state index contributed by atoms with van der Waals surface area (Å²) in [5.74, 6) is -4.74. The molecule has 2 N–H and O–H groups in total. The van der Waals surface area contributed by atoms with E-state index in [-0.39, 0.29) is 17.1 Å². The van der Waals surface area contributed by atoms with Crippen molar-refractivity contribution in [2.75, 3.05) is 10.6 Å². The van der Waals surface area contributed by atoms with Gasteiger partial charge in [-0.05, 0) is 42.5 Å². The first kappa shape index (κ1) is 17.8. The Balaban J connectivity index is 1.80. The lowest BCUT2D eigenvalue weighted by molar-refractivity contribution is 0.102. The summed E-state index contributed by atoms with van der Waals surface area (Å²) in [6, 6.07) is 11.2. The van der Waals surface area contributed by atoms with Gasteiger partial charge in [-0.2, -0.15) is 0 Å². The molecule has 0 unspecified atom stereocenters. The van der Waals surface area contributed by atoms with Crippen molar-refractivity contribution < 1.29 is 18.0 Å². The average molecular weight is 378 g/mol. The minimum atomic E-state index is -1.58. The smallest absolute Gasteiger partial charge is 0.274 e. The van der Waals surface area contributed by atoms with Crippen molar-refractivity contribution in [2.24, 2.45) is 0 Å². The highest BCUT2D eigenvalue weighted by Gasteiger charge is 2.14. The number of benzene rings is 2. The number of carbonyl (C=O) groups is 1. The van der Waals surface area contributed by atoms with E-state index in [0.717, 1.165) is 12.1 Å². The van der Waals surface area contributed by atoms with E-state index in [1.165, 1.54) is 18.3 Å². The topological polar surface area (TPSA) is 54.0 Å². The molecule has 1 heterocycles. The monoisotopic (exact) mass is 377 g/mol. The zero-order valence-electron chi connectivity index (χ0n) is 13.1. The molecule has 0 aliphatic heterocycles. The summed E-state index contributed by atoms with van der Waals surface area (Å²) in [5.41, 5.74) is 0.532. The highest BCUT2D eigenvalue weighted by atomic mass is 35.5. The second-order valence-corrected chi connectivity index (χ2v) is 5.68. The average Bonchev–Trinajstić information content (AvgIpc) is 2.62. The Morgan fingerprint density at radius 1 is 0.962 bits per heavy atom. The van der Waals surface area contributed by atoms with Crippen molar-refractivity contribution in [3.05, 3.63) is 82.9 Å². The Morgan fingerprint density at radius 2 is 1.77 bits per heavy atom. The minimum Gasteiger partial charge on any atom is -0.353 e.